The summed E-state index contributed by atoms with van der Waals surface area (Å²) < 4.78 is 6.04. The van der Waals surface area contributed by atoms with Gasteiger partial charge in [0.05, 0.1) is 17.8 Å². The average molecular weight is 442 g/mol. The van der Waals surface area contributed by atoms with Crippen LogP contribution in [0.3, 0.4) is 0 Å². The number of rotatable bonds is 9. The molecule has 0 aliphatic carbocycles. The molecule has 1 N–H and O–H groups in total. The first-order chi connectivity index (χ1) is 16.1. The molecule has 2 aromatic carbocycles. The summed E-state index contributed by atoms with van der Waals surface area (Å²) in [7, 11) is 2.04. The van der Waals surface area contributed by atoms with Gasteiger partial charge in [-0.05, 0) is 43.8 Å². The summed E-state index contributed by atoms with van der Waals surface area (Å²) >= 11 is 0. The Balaban J connectivity index is 1.29. The lowest BCUT2D eigenvalue weighted by molar-refractivity contribution is 0.0927. The summed E-state index contributed by atoms with van der Waals surface area (Å²) in [5, 5.41) is 3.92. The van der Waals surface area contributed by atoms with Crippen molar-refractivity contribution in [3.8, 4) is 5.75 Å². The number of nitrogens with one attached hydrogen (secondary N) is 1. The third-order valence-corrected chi connectivity index (χ3v) is 5.12. The fourth-order valence-electron chi connectivity index (χ4n) is 3.57. The Hall–Kier alpha value is -3.84. The predicted octanol–water partition coefficient (Wildman–Crippen LogP) is 3.85. The van der Waals surface area contributed by atoms with E-state index in [1.54, 1.807) is 24.7 Å². The number of nitrogens with zero attached hydrogens (tertiary/aromatic N) is 4. The topological polar surface area (TPSA) is 80.2 Å². The zero-order chi connectivity index (χ0) is 23.0. The van der Waals surface area contributed by atoms with Crippen LogP contribution in [-0.4, -0.2) is 45.5 Å². The van der Waals surface area contributed by atoms with Crippen LogP contribution < -0.4 is 10.1 Å². The average Bonchev–Trinajstić information content (AvgIpc) is 2.83. The monoisotopic (exact) mass is 441 g/mol. The van der Waals surface area contributed by atoms with E-state index in [1.165, 1.54) is 0 Å². The number of hydrogen-bond donors (Lipinski definition) is 1. The summed E-state index contributed by atoms with van der Waals surface area (Å²) in [6, 6.07) is 19.4. The molecule has 7 heteroatoms. The van der Waals surface area contributed by atoms with Crippen molar-refractivity contribution in [3.63, 3.8) is 0 Å². The van der Waals surface area contributed by atoms with Gasteiger partial charge in [0.1, 0.15) is 17.5 Å². The van der Waals surface area contributed by atoms with Crippen molar-refractivity contribution < 1.29 is 9.53 Å². The molecule has 4 aromatic rings. The van der Waals surface area contributed by atoms with Gasteiger partial charge >= 0.3 is 0 Å². The van der Waals surface area contributed by atoms with Crippen LogP contribution in [0.1, 0.15) is 28.7 Å². The first-order valence-electron chi connectivity index (χ1n) is 10.9. The molecule has 2 heterocycles. The standard InChI is InChI=1S/C26H27N5O2/c1-19(15-29-26(32)25-11-10-21-7-3-4-9-24(21)30-25)33-23-8-5-6-20(14-23)17-31(2)18-22-16-27-12-13-28-22/h3-14,16,19H,15,17-18H2,1-2H3,(H,29,32)/t19-/m0/s1. The second kappa shape index (κ2) is 10.7. The van der Waals surface area contributed by atoms with Gasteiger partial charge in [0.2, 0.25) is 0 Å². The lowest BCUT2D eigenvalue weighted by atomic mass is 10.2. The van der Waals surface area contributed by atoms with E-state index >= 15 is 0 Å². The Bertz CT molecular complexity index is 1220. The molecule has 0 aliphatic rings. The summed E-state index contributed by atoms with van der Waals surface area (Å²) in [5.74, 6) is 0.557. The number of aromatic nitrogens is 3. The van der Waals surface area contributed by atoms with Gasteiger partial charge in [0.25, 0.3) is 5.91 Å². The summed E-state index contributed by atoms with van der Waals surface area (Å²) in [5.41, 5.74) is 3.26. The van der Waals surface area contributed by atoms with Crippen LogP contribution >= 0.6 is 0 Å². The van der Waals surface area contributed by atoms with Crippen molar-refractivity contribution in [3.05, 3.63) is 96.2 Å². The highest BCUT2D eigenvalue weighted by Crippen LogP contribution is 2.17. The predicted molar refractivity (Wildman–Crippen MR) is 128 cm³/mol. The van der Waals surface area contributed by atoms with E-state index in [0.29, 0.717) is 18.8 Å². The quantitative estimate of drug-likeness (QED) is 0.425. The van der Waals surface area contributed by atoms with Crippen LogP contribution in [-0.2, 0) is 13.1 Å². The number of ether oxygens (including phenoxy) is 1. The van der Waals surface area contributed by atoms with E-state index in [-0.39, 0.29) is 12.0 Å². The van der Waals surface area contributed by atoms with Gasteiger partial charge in [-0.3, -0.25) is 19.7 Å². The second-order valence-electron chi connectivity index (χ2n) is 8.04. The smallest absolute Gasteiger partial charge is 0.270 e. The van der Waals surface area contributed by atoms with Gasteiger partial charge in [-0.25, -0.2) is 4.98 Å². The Morgan fingerprint density at radius 3 is 2.79 bits per heavy atom. The molecule has 2 aromatic heterocycles. The van der Waals surface area contributed by atoms with Crippen molar-refractivity contribution >= 4 is 16.8 Å². The molecular formula is C26H27N5O2. The minimum Gasteiger partial charge on any atom is -0.489 e. The Morgan fingerprint density at radius 1 is 1.06 bits per heavy atom. The van der Waals surface area contributed by atoms with Gasteiger partial charge in [-0.2, -0.15) is 0 Å². The minimum absolute atomic E-state index is 0.193. The van der Waals surface area contributed by atoms with Crippen LogP contribution in [0.5, 0.6) is 5.75 Å². The molecule has 0 saturated carbocycles. The first kappa shape index (κ1) is 22.4. The number of hydrogen-bond acceptors (Lipinski definition) is 6. The zero-order valence-electron chi connectivity index (χ0n) is 18.8. The minimum atomic E-state index is -0.212. The lowest BCUT2D eigenvalue weighted by Gasteiger charge is -2.18. The number of benzene rings is 2. The molecular weight excluding hydrogens is 414 g/mol. The van der Waals surface area contributed by atoms with Gasteiger partial charge in [0.15, 0.2) is 0 Å². The molecule has 0 aliphatic heterocycles. The second-order valence-corrected chi connectivity index (χ2v) is 8.04. The molecule has 0 unspecified atom stereocenters. The molecule has 0 bridgehead atoms. The molecule has 4 rings (SSSR count). The highest BCUT2D eigenvalue weighted by molar-refractivity contribution is 5.94. The van der Waals surface area contributed by atoms with E-state index in [1.807, 2.05) is 62.5 Å². The fourth-order valence-corrected chi connectivity index (χ4v) is 3.57. The van der Waals surface area contributed by atoms with Crippen molar-refractivity contribution in [1.29, 1.82) is 0 Å². The van der Waals surface area contributed by atoms with E-state index in [9.17, 15) is 4.79 Å². The van der Waals surface area contributed by atoms with Gasteiger partial charge in [-0.1, -0.05) is 36.4 Å². The van der Waals surface area contributed by atoms with Gasteiger partial charge < -0.3 is 10.1 Å². The number of amides is 1. The van der Waals surface area contributed by atoms with E-state index < -0.39 is 0 Å². The molecule has 33 heavy (non-hydrogen) atoms. The molecule has 168 valence electrons. The molecule has 0 fully saturated rings. The summed E-state index contributed by atoms with van der Waals surface area (Å²) in [6.07, 6.45) is 4.96. The maximum absolute atomic E-state index is 12.5. The number of carbonyl (C=O) groups is 1. The molecule has 0 spiro atoms. The molecule has 1 atom stereocenters. The summed E-state index contributed by atoms with van der Waals surface area (Å²) in [6.45, 7) is 3.78. The highest BCUT2D eigenvalue weighted by atomic mass is 16.5. The number of fused-ring (bicyclic) bond motifs is 1. The Morgan fingerprint density at radius 2 is 1.94 bits per heavy atom. The van der Waals surface area contributed by atoms with Crippen LogP contribution in [0.4, 0.5) is 0 Å². The molecule has 0 saturated heterocycles. The Kier molecular flexibility index (Phi) is 7.22. The summed E-state index contributed by atoms with van der Waals surface area (Å²) in [4.78, 5) is 27.6. The third-order valence-electron chi connectivity index (χ3n) is 5.12. The highest BCUT2D eigenvalue weighted by Gasteiger charge is 2.11. The van der Waals surface area contributed by atoms with E-state index in [0.717, 1.165) is 34.5 Å². The largest absolute Gasteiger partial charge is 0.489 e. The third kappa shape index (κ3) is 6.33. The van der Waals surface area contributed by atoms with Crippen molar-refractivity contribution in [2.24, 2.45) is 0 Å². The van der Waals surface area contributed by atoms with Gasteiger partial charge in [-0.15, -0.1) is 0 Å². The van der Waals surface area contributed by atoms with Crippen LogP contribution in [0.2, 0.25) is 0 Å². The van der Waals surface area contributed by atoms with Crippen molar-refractivity contribution in [2.75, 3.05) is 13.6 Å². The van der Waals surface area contributed by atoms with Gasteiger partial charge in [0, 0.05) is 37.1 Å². The zero-order valence-corrected chi connectivity index (χ0v) is 18.8. The maximum atomic E-state index is 12.5. The SMILES string of the molecule is C[C@@H](CNC(=O)c1ccc2ccccc2n1)Oc1cccc(CN(C)Cc2cnccn2)c1. The van der Waals surface area contributed by atoms with Crippen LogP contribution in [0.15, 0.2) is 79.3 Å². The molecule has 7 nitrogen and oxygen atoms in total. The fraction of sp³-hybridized carbons (Fsp3) is 0.231. The van der Waals surface area contributed by atoms with Crippen molar-refractivity contribution in [2.45, 2.75) is 26.1 Å². The normalized spacial score (nSPS) is 12.0. The molecule has 0 radical (unpaired) electrons. The number of carbonyl (C=O) groups excluding carboxylic acids is 1. The molecule has 1 amide bonds. The van der Waals surface area contributed by atoms with Crippen molar-refractivity contribution in [1.82, 2.24) is 25.2 Å². The van der Waals surface area contributed by atoms with E-state index in [4.69, 9.17) is 4.74 Å². The number of pyridine rings is 1. The van der Waals surface area contributed by atoms with Crippen LogP contribution in [0.25, 0.3) is 10.9 Å². The van der Waals surface area contributed by atoms with Crippen LogP contribution in [0, 0.1) is 0 Å². The number of para-hydroxylation sites is 1. The Labute approximate surface area is 193 Å². The first-order valence-corrected chi connectivity index (χ1v) is 10.9. The lowest BCUT2D eigenvalue weighted by Crippen LogP contribution is -2.34. The van der Waals surface area contributed by atoms with E-state index in [2.05, 4.69) is 31.2 Å². The maximum Gasteiger partial charge on any atom is 0.270 e.